The van der Waals surface area contributed by atoms with Crippen LogP contribution in [-0.4, -0.2) is 0 Å². The van der Waals surface area contributed by atoms with Gasteiger partial charge in [0.2, 0.25) is 0 Å². The highest BCUT2D eigenvalue weighted by Gasteiger charge is 2.03. The maximum atomic E-state index is 2.33. The van der Waals surface area contributed by atoms with Gasteiger partial charge < -0.3 is 0 Å². The van der Waals surface area contributed by atoms with E-state index >= 15 is 0 Å². The molecule has 0 spiro atoms. The summed E-state index contributed by atoms with van der Waals surface area (Å²) in [6, 6.07) is 4.66. The number of benzene rings is 1. The van der Waals surface area contributed by atoms with Crippen molar-refractivity contribution in [1.82, 2.24) is 0 Å². The molecule has 0 nitrogen and oxygen atoms in total. The Balaban J connectivity index is 3.33. The smallest absolute Gasteiger partial charge is 0.0225 e. The number of allylic oxidation sites excluding steroid dienone is 2. The van der Waals surface area contributed by atoms with E-state index in [-0.39, 0.29) is 0 Å². The standard InChI is InChI=1S/C16H22/c1-5-9-15-11-14(8-4)16(10-6-2)12-13(15)7-3/h5-6,9-12H,7-8H2,1-4H3. The van der Waals surface area contributed by atoms with Crippen molar-refractivity contribution in [1.29, 1.82) is 0 Å². The maximum Gasteiger partial charge on any atom is -0.0225 e. The maximum absolute atomic E-state index is 2.33. The molecule has 0 aliphatic heterocycles. The van der Waals surface area contributed by atoms with Crippen molar-refractivity contribution in [3.05, 3.63) is 46.5 Å². The van der Waals surface area contributed by atoms with Crippen LogP contribution in [-0.2, 0) is 12.8 Å². The van der Waals surface area contributed by atoms with E-state index in [2.05, 4.69) is 64.1 Å². The van der Waals surface area contributed by atoms with E-state index in [9.17, 15) is 0 Å². The van der Waals surface area contributed by atoms with Gasteiger partial charge in [0.1, 0.15) is 0 Å². The molecule has 86 valence electrons. The van der Waals surface area contributed by atoms with Gasteiger partial charge in [0, 0.05) is 0 Å². The van der Waals surface area contributed by atoms with Gasteiger partial charge in [0.15, 0.2) is 0 Å². The molecule has 0 saturated heterocycles. The summed E-state index contributed by atoms with van der Waals surface area (Å²) in [5.74, 6) is 0. The van der Waals surface area contributed by atoms with Gasteiger partial charge in [-0.1, -0.05) is 50.3 Å². The highest BCUT2D eigenvalue weighted by Crippen LogP contribution is 2.21. The number of hydrogen-bond acceptors (Lipinski definition) is 0. The molecule has 0 aliphatic carbocycles. The van der Waals surface area contributed by atoms with E-state index in [1.165, 1.54) is 22.3 Å². The lowest BCUT2D eigenvalue weighted by atomic mass is 9.95. The minimum absolute atomic E-state index is 1.09. The predicted octanol–water partition coefficient (Wildman–Crippen LogP) is 4.88. The first kappa shape index (κ1) is 12.8. The van der Waals surface area contributed by atoms with Crippen molar-refractivity contribution in [2.75, 3.05) is 0 Å². The van der Waals surface area contributed by atoms with E-state index in [0.29, 0.717) is 0 Å². The third kappa shape index (κ3) is 2.85. The molecule has 0 bridgehead atoms. The van der Waals surface area contributed by atoms with E-state index in [1.54, 1.807) is 0 Å². The summed E-state index contributed by atoms with van der Waals surface area (Å²) < 4.78 is 0. The van der Waals surface area contributed by atoms with Crippen molar-refractivity contribution >= 4 is 12.2 Å². The van der Waals surface area contributed by atoms with Crippen LogP contribution in [0.25, 0.3) is 12.2 Å². The lowest BCUT2D eigenvalue weighted by molar-refractivity contribution is 1.09. The Morgan fingerprint density at radius 1 is 0.812 bits per heavy atom. The van der Waals surface area contributed by atoms with Crippen LogP contribution >= 0.6 is 0 Å². The third-order valence-electron chi connectivity index (χ3n) is 2.86. The molecule has 0 aromatic heterocycles. The third-order valence-corrected chi connectivity index (χ3v) is 2.86. The van der Waals surface area contributed by atoms with Crippen LogP contribution in [0.1, 0.15) is 49.9 Å². The molecule has 0 fully saturated rings. The molecular weight excluding hydrogens is 192 g/mol. The van der Waals surface area contributed by atoms with E-state index < -0.39 is 0 Å². The Labute approximate surface area is 99.7 Å². The molecule has 0 heterocycles. The lowest BCUT2D eigenvalue weighted by Gasteiger charge is -2.10. The minimum atomic E-state index is 1.09. The Kier molecular flexibility index (Phi) is 5.04. The second-order valence-electron chi connectivity index (χ2n) is 3.96. The molecule has 0 heteroatoms. The summed E-state index contributed by atoms with van der Waals surface area (Å²) in [4.78, 5) is 0. The molecular formula is C16H22. The van der Waals surface area contributed by atoms with Gasteiger partial charge in [-0.2, -0.15) is 0 Å². The average molecular weight is 214 g/mol. The monoisotopic (exact) mass is 214 g/mol. The van der Waals surface area contributed by atoms with Crippen molar-refractivity contribution in [2.24, 2.45) is 0 Å². The quantitative estimate of drug-likeness (QED) is 0.670. The fourth-order valence-electron chi connectivity index (χ4n) is 2.01. The van der Waals surface area contributed by atoms with E-state index in [1.807, 2.05) is 0 Å². The van der Waals surface area contributed by atoms with Crippen LogP contribution in [0.4, 0.5) is 0 Å². The first-order valence-corrected chi connectivity index (χ1v) is 6.17. The van der Waals surface area contributed by atoms with Crippen LogP contribution in [0.5, 0.6) is 0 Å². The second kappa shape index (κ2) is 6.32. The van der Waals surface area contributed by atoms with Crippen molar-refractivity contribution < 1.29 is 0 Å². The molecule has 0 aliphatic rings. The van der Waals surface area contributed by atoms with Crippen molar-refractivity contribution in [3.63, 3.8) is 0 Å². The fourth-order valence-corrected chi connectivity index (χ4v) is 2.01. The zero-order valence-electron chi connectivity index (χ0n) is 10.9. The first-order valence-electron chi connectivity index (χ1n) is 6.17. The molecule has 1 aromatic rings. The predicted molar refractivity (Wildman–Crippen MR) is 74.6 cm³/mol. The molecule has 1 aromatic carbocycles. The Hall–Kier alpha value is -1.30. The van der Waals surface area contributed by atoms with Crippen LogP contribution < -0.4 is 0 Å². The highest BCUT2D eigenvalue weighted by atomic mass is 14.1. The topological polar surface area (TPSA) is 0 Å². The number of hydrogen-bond donors (Lipinski definition) is 0. The Morgan fingerprint density at radius 3 is 1.44 bits per heavy atom. The zero-order valence-corrected chi connectivity index (χ0v) is 10.9. The average Bonchev–Trinajstić information content (AvgIpc) is 2.31. The molecule has 0 radical (unpaired) electrons. The van der Waals surface area contributed by atoms with Gasteiger partial charge >= 0.3 is 0 Å². The molecule has 0 saturated carbocycles. The van der Waals surface area contributed by atoms with Gasteiger partial charge in [-0.05, 0) is 48.9 Å². The van der Waals surface area contributed by atoms with Crippen molar-refractivity contribution in [2.45, 2.75) is 40.5 Å². The molecule has 0 amide bonds. The first-order chi connectivity index (χ1) is 7.76. The van der Waals surface area contributed by atoms with Crippen LogP contribution in [0, 0.1) is 0 Å². The Bertz CT molecular complexity index is 355. The summed E-state index contributed by atoms with van der Waals surface area (Å²) in [5.41, 5.74) is 5.61. The van der Waals surface area contributed by atoms with Gasteiger partial charge in [-0.25, -0.2) is 0 Å². The van der Waals surface area contributed by atoms with Gasteiger partial charge in [0.05, 0.1) is 0 Å². The largest absolute Gasteiger partial charge is 0.0871 e. The summed E-state index contributed by atoms with van der Waals surface area (Å²) in [6.45, 7) is 8.58. The molecule has 0 N–H and O–H groups in total. The molecule has 1 rings (SSSR count). The highest BCUT2D eigenvalue weighted by molar-refractivity contribution is 5.63. The van der Waals surface area contributed by atoms with Crippen LogP contribution in [0.3, 0.4) is 0 Å². The normalized spacial score (nSPS) is 11.8. The van der Waals surface area contributed by atoms with Crippen molar-refractivity contribution in [3.8, 4) is 0 Å². The summed E-state index contributed by atoms with van der Waals surface area (Å²) >= 11 is 0. The molecule has 16 heavy (non-hydrogen) atoms. The Morgan fingerprint density at radius 2 is 1.19 bits per heavy atom. The SMILES string of the molecule is CC=Cc1cc(CC)c(C=CC)cc1CC. The lowest BCUT2D eigenvalue weighted by Crippen LogP contribution is -1.94. The van der Waals surface area contributed by atoms with E-state index in [0.717, 1.165) is 12.8 Å². The number of rotatable bonds is 4. The van der Waals surface area contributed by atoms with Crippen LogP contribution in [0.15, 0.2) is 24.3 Å². The summed E-state index contributed by atoms with van der Waals surface area (Å²) in [6.07, 6.45) is 10.8. The summed E-state index contributed by atoms with van der Waals surface area (Å²) in [5, 5.41) is 0. The minimum Gasteiger partial charge on any atom is -0.0871 e. The zero-order chi connectivity index (χ0) is 12.0. The van der Waals surface area contributed by atoms with Gasteiger partial charge in [-0.15, -0.1) is 0 Å². The number of aryl methyl sites for hydroxylation is 2. The van der Waals surface area contributed by atoms with E-state index in [4.69, 9.17) is 0 Å². The molecule has 0 unspecified atom stereocenters. The summed E-state index contributed by atoms with van der Waals surface area (Å²) in [7, 11) is 0. The van der Waals surface area contributed by atoms with Gasteiger partial charge in [0.25, 0.3) is 0 Å². The second-order valence-corrected chi connectivity index (χ2v) is 3.96. The van der Waals surface area contributed by atoms with Gasteiger partial charge in [-0.3, -0.25) is 0 Å². The molecule has 0 atom stereocenters. The fraction of sp³-hybridized carbons (Fsp3) is 0.375. The van der Waals surface area contributed by atoms with Crippen LogP contribution in [0.2, 0.25) is 0 Å².